The minimum atomic E-state index is -0.536. The van der Waals surface area contributed by atoms with Crippen LogP contribution in [0.3, 0.4) is 0 Å². The number of methoxy groups -OCH3 is 2. The van der Waals surface area contributed by atoms with Gasteiger partial charge in [-0.3, -0.25) is 4.79 Å². The molecule has 1 atom stereocenters. The molecule has 1 amide bonds. The van der Waals surface area contributed by atoms with Crippen LogP contribution >= 0.6 is 11.8 Å². The normalized spacial score (nSPS) is 15.7. The van der Waals surface area contributed by atoms with E-state index in [2.05, 4.69) is 0 Å². The summed E-state index contributed by atoms with van der Waals surface area (Å²) in [6, 6.07) is 12.2. The van der Waals surface area contributed by atoms with E-state index in [-0.39, 0.29) is 17.7 Å². The minimum absolute atomic E-state index is 0.155. The molecule has 1 aliphatic heterocycles. The molecule has 0 saturated heterocycles. The van der Waals surface area contributed by atoms with Crippen LogP contribution in [0.15, 0.2) is 47.4 Å². The van der Waals surface area contributed by atoms with Gasteiger partial charge < -0.3 is 14.3 Å². The molecule has 2 aromatic rings. The van der Waals surface area contributed by atoms with Crippen molar-refractivity contribution in [2.45, 2.75) is 43.8 Å². The number of amides is 1. The molecule has 0 aliphatic carbocycles. The van der Waals surface area contributed by atoms with E-state index in [0.29, 0.717) is 22.6 Å². The molecule has 1 unspecified atom stereocenters. The fourth-order valence-electron chi connectivity index (χ4n) is 3.24. The van der Waals surface area contributed by atoms with Crippen LogP contribution in [0.25, 0.3) is 0 Å². The Kier molecular flexibility index (Phi) is 7.13. The van der Waals surface area contributed by atoms with Gasteiger partial charge in [-0.05, 0) is 47.7 Å². The van der Waals surface area contributed by atoms with Crippen molar-refractivity contribution in [3.63, 3.8) is 0 Å². The highest BCUT2D eigenvalue weighted by molar-refractivity contribution is 8.01. The molecule has 1 aliphatic rings. The number of hydrogen-bond acceptors (Lipinski definition) is 7. The number of hydrogen-bond donors (Lipinski definition) is 0. The van der Waals surface area contributed by atoms with E-state index < -0.39 is 17.2 Å². The molecule has 3 rings (SSSR count). The third kappa shape index (κ3) is 5.62. The quantitative estimate of drug-likeness (QED) is 0.594. The summed E-state index contributed by atoms with van der Waals surface area (Å²) >= 11 is 1.33. The average Bonchev–Trinajstić information content (AvgIpc) is 2.75. The van der Waals surface area contributed by atoms with Crippen molar-refractivity contribution in [2.24, 2.45) is 5.41 Å². The Morgan fingerprint density at radius 2 is 1.75 bits per heavy atom. The smallest absolute Gasteiger partial charge is 0.337 e. The molecule has 7 nitrogen and oxygen atoms in total. The summed E-state index contributed by atoms with van der Waals surface area (Å²) in [4.78, 5) is 44.0. The minimum Gasteiger partial charge on any atom is -0.497 e. The third-order valence-electron chi connectivity index (χ3n) is 4.79. The molecule has 0 aromatic heterocycles. The van der Waals surface area contributed by atoms with Crippen LogP contribution in [0.5, 0.6) is 5.75 Å². The number of carbonyl (C=O) groups excluding carboxylic acids is 3. The second kappa shape index (κ2) is 9.65. The monoisotopic (exact) mass is 457 g/mol. The number of benzene rings is 2. The maximum atomic E-state index is 13.3. The van der Waals surface area contributed by atoms with Crippen molar-refractivity contribution in [3.05, 3.63) is 53.6 Å². The summed E-state index contributed by atoms with van der Waals surface area (Å²) in [5, 5.41) is 0.529. The summed E-state index contributed by atoms with van der Waals surface area (Å²) in [5.41, 5.74) is 1.44. The van der Waals surface area contributed by atoms with E-state index in [4.69, 9.17) is 14.3 Å². The lowest BCUT2D eigenvalue weighted by atomic mass is 9.93. The molecule has 8 heteroatoms. The van der Waals surface area contributed by atoms with Crippen LogP contribution in [0.4, 0.5) is 5.69 Å². The average molecular weight is 458 g/mol. The van der Waals surface area contributed by atoms with Gasteiger partial charge in [0.05, 0.1) is 37.1 Å². The first-order valence-electron chi connectivity index (χ1n) is 10.2. The van der Waals surface area contributed by atoms with E-state index in [1.165, 1.54) is 18.9 Å². The molecule has 0 radical (unpaired) electrons. The molecule has 0 fully saturated rings. The maximum absolute atomic E-state index is 13.3. The number of esters is 1. The molecular weight excluding hydrogens is 430 g/mol. The largest absolute Gasteiger partial charge is 0.497 e. The maximum Gasteiger partial charge on any atom is 0.337 e. The van der Waals surface area contributed by atoms with Crippen molar-refractivity contribution in [3.8, 4) is 5.75 Å². The summed E-state index contributed by atoms with van der Waals surface area (Å²) < 4.78 is 10.0. The fraction of sp³-hybridized carbons (Fsp3) is 0.375. The van der Waals surface area contributed by atoms with Crippen LogP contribution in [0, 0.1) is 5.41 Å². The predicted octanol–water partition coefficient (Wildman–Crippen LogP) is 4.43. The molecule has 0 spiro atoms. The zero-order chi connectivity index (χ0) is 23.5. The Labute approximate surface area is 192 Å². The highest BCUT2D eigenvalue weighted by Crippen LogP contribution is 2.41. The number of anilines is 1. The molecular formula is C24H27NO6S. The highest BCUT2D eigenvalue weighted by atomic mass is 32.2. The Balaban J connectivity index is 1.92. The standard InChI is InChI=1S/C24H27NO6S/c1-24(2,3)14-21(26)31-25-18-11-8-16(23(28)30-5)13-19(18)32-20(22(25)27)12-15-6-9-17(29-4)10-7-15/h6-11,13,20H,12,14H2,1-5H3. The van der Waals surface area contributed by atoms with E-state index in [1.54, 1.807) is 25.3 Å². The second-order valence-corrected chi connectivity index (χ2v) is 9.91. The number of ether oxygens (including phenoxy) is 2. The molecule has 0 N–H and O–H groups in total. The van der Waals surface area contributed by atoms with E-state index in [0.717, 1.165) is 16.4 Å². The van der Waals surface area contributed by atoms with Crippen molar-refractivity contribution >= 4 is 35.3 Å². The van der Waals surface area contributed by atoms with Crippen LogP contribution in [0.1, 0.15) is 43.1 Å². The van der Waals surface area contributed by atoms with E-state index in [1.807, 2.05) is 45.0 Å². The Morgan fingerprint density at radius 3 is 2.34 bits per heavy atom. The van der Waals surface area contributed by atoms with Gasteiger partial charge in [0.1, 0.15) is 5.75 Å². The van der Waals surface area contributed by atoms with Crippen molar-refractivity contribution in [1.29, 1.82) is 0 Å². The van der Waals surface area contributed by atoms with Crippen molar-refractivity contribution in [2.75, 3.05) is 19.3 Å². The predicted molar refractivity (Wildman–Crippen MR) is 122 cm³/mol. The van der Waals surface area contributed by atoms with E-state index in [9.17, 15) is 14.4 Å². The van der Waals surface area contributed by atoms with Gasteiger partial charge >= 0.3 is 11.9 Å². The number of fused-ring (bicyclic) bond motifs is 1. The summed E-state index contributed by atoms with van der Waals surface area (Å²) in [6.07, 6.45) is 0.575. The molecule has 1 heterocycles. The first-order valence-corrected chi connectivity index (χ1v) is 11.1. The van der Waals surface area contributed by atoms with Gasteiger partial charge in [0.25, 0.3) is 5.91 Å². The Bertz CT molecular complexity index is 1010. The number of nitrogens with zero attached hydrogens (tertiary/aromatic N) is 1. The molecule has 0 saturated carbocycles. The number of rotatable bonds is 6. The summed E-state index contributed by atoms with van der Waals surface area (Å²) in [7, 11) is 2.90. The van der Waals surface area contributed by atoms with Gasteiger partial charge in [0.15, 0.2) is 0 Å². The van der Waals surface area contributed by atoms with Gasteiger partial charge in [-0.1, -0.05) is 32.9 Å². The SMILES string of the molecule is COC(=O)c1ccc2c(c1)SC(Cc1ccc(OC)cc1)C(=O)N2OC(=O)CC(C)(C)C. The van der Waals surface area contributed by atoms with E-state index >= 15 is 0 Å². The lowest BCUT2D eigenvalue weighted by Crippen LogP contribution is -2.43. The van der Waals surface area contributed by atoms with Gasteiger partial charge in [0, 0.05) is 4.90 Å². The lowest BCUT2D eigenvalue weighted by molar-refractivity contribution is -0.152. The first kappa shape index (κ1) is 23.7. The number of hydroxylamine groups is 1. The zero-order valence-corrected chi connectivity index (χ0v) is 19.7. The summed E-state index contributed by atoms with van der Waals surface area (Å²) in [5.74, 6) is -0.578. The second-order valence-electron chi connectivity index (χ2n) is 8.67. The Morgan fingerprint density at radius 1 is 1.06 bits per heavy atom. The molecule has 170 valence electrons. The van der Waals surface area contributed by atoms with Crippen molar-refractivity contribution < 1.29 is 28.7 Å². The van der Waals surface area contributed by atoms with Gasteiger partial charge in [-0.15, -0.1) is 16.8 Å². The molecule has 2 aromatic carbocycles. The van der Waals surface area contributed by atoms with Crippen LogP contribution < -0.4 is 9.80 Å². The highest BCUT2D eigenvalue weighted by Gasteiger charge is 2.37. The van der Waals surface area contributed by atoms with Crippen LogP contribution in [-0.4, -0.2) is 37.3 Å². The summed E-state index contributed by atoms with van der Waals surface area (Å²) in [6.45, 7) is 5.77. The number of thioether (sulfide) groups is 1. The van der Waals surface area contributed by atoms with Gasteiger partial charge in [0.2, 0.25) is 0 Å². The molecule has 0 bridgehead atoms. The zero-order valence-electron chi connectivity index (χ0n) is 18.8. The molecule has 32 heavy (non-hydrogen) atoms. The number of carbonyl (C=O) groups is 3. The van der Waals surface area contributed by atoms with Crippen LogP contribution in [-0.2, 0) is 25.6 Å². The van der Waals surface area contributed by atoms with Crippen molar-refractivity contribution in [1.82, 2.24) is 0 Å². The van der Waals surface area contributed by atoms with Crippen LogP contribution in [0.2, 0.25) is 0 Å². The first-order chi connectivity index (χ1) is 15.1. The lowest BCUT2D eigenvalue weighted by Gasteiger charge is -2.32. The Hall–Kier alpha value is -3.00. The van der Waals surface area contributed by atoms with Gasteiger partial charge in [-0.2, -0.15) is 0 Å². The van der Waals surface area contributed by atoms with Gasteiger partial charge in [-0.25, -0.2) is 9.59 Å². The third-order valence-corrected chi connectivity index (χ3v) is 6.03. The topological polar surface area (TPSA) is 82.1 Å². The fourth-order valence-corrected chi connectivity index (χ4v) is 4.49.